The van der Waals surface area contributed by atoms with Gasteiger partial charge in [0.25, 0.3) is 5.91 Å². The zero-order chi connectivity index (χ0) is 21.0. The number of likely N-dealkylation sites (N-methyl/N-ethyl adjacent to an activating group) is 1. The maximum absolute atomic E-state index is 12.7. The van der Waals surface area contributed by atoms with Gasteiger partial charge in [-0.3, -0.25) is 4.79 Å². The van der Waals surface area contributed by atoms with Crippen LogP contribution < -0.4 is 14.8 Å². The molecule has 1 aliphatic rings. The van der Waals surface area contributed by atoms with Crippen molar-refractivity contribution in [2.45, 2.75) is 51.7 Å². The highest BCUT2D eigenvalue weighted by Gasteiger charge is 2.36. The Bertz CT molecular complexity index is 834. The number of rotatable bonds is 8. The lowest BCUT2D eigenvalue weighted by atomic mass is 9.96. The number of ether oxygens (including phenoxy) is 2. The van der Waals surface area contributed by atoms with E-state index in [1.165, 1.54) is 12.8 Å². The number of nitrogens with one attached hydrogen (secondary N) is 1. The Morgan fingerprint density at radius 2 is 1.97 bits per heavy atom. The van der Waals surface area contributed by atoms with Gasteiger partial charge in [-0.2, -0.15) is 0 Å². The molecule has 2 aromatic rings. The molecule has 0 bridgehead atoms. The zero-order valence-corrected chi connectivity index (χ0v) is 18.0. The molecule has 0 spiro atoms. The maximum Gasteiger partial charge on any atom is 0.251 e. The Morgan fingerprint density at radius 1 is 1.24 bits per heavy atom. The van der Waals surface area contributed by atoms with E-state index >= 15 is 0 Å². The summed E-state index contributed by atoms with van der Waals surface area (Å²) in [4.78, 5) is 15.0. The van der Waals surface area contributed by atoms with Crippen molar-refractivity contribution < 1.29 is 18.8 Å². The van der Waals surface area contributed by atoms with E-state index in [-0.39, 0.29) is 11.4 Å². The van der Waals surface area contributed by atoms with Gasteiger partial charge in [-0.15, -0.1) is 0 Å². The molecular weight excluding hydrogens is 370 g/mol. The fourth-order valence-electron chi connectivity index (χ4n) is 3.95. The van der Waals surface area contributed by atoms with Crippen LogP contribution in [0, 0.1) is 13.8 Å². The van der Waals surface area contributed by atoms with E-state index < -0.39 is 0 Å². The number of carbonyl (C=O) groups excluding carboxylic acids is 1. The molecule has 7 nitrogen and oxygen atoms in total. The molecule has 1 amide bonds. The Balaban J connectivity index is 1.67. The molecule has 3 rings (SSSR count). The minimum Gasteiger partial charge on any atom is -0.493 e. The minimum absolute atomic E-state index is 0.0527. The van der Waals surface area contributed by atoms with Crippen LogP contribution in [0.2, 0.25) is 0 Å². The number of carbonyl (C=O) groups is 1. The molecule has 1 aliphatic carbocycles. The number of benzene rings is 1. The van der Waals surface area contributed by atoms with Gasteiger partial charge in [0.05, 0.1) is 18.4 Å². The van der Waals surface area contributed by atoms with Crippen molar-refractivity contribution >= 4 is 5.91 Å². The van der Waals surface area contributed by atoms with Crippen LogP contribution in [0.1, 0.15) is 53.1 Å². The largest absolute Gasteiger partial charge is 0.493 e. The first-order valence-corrected chi connectivity index (χ1v) is 10.0. The quantitative estimate of drug-likeness (QED) is 0.730. The number of hydrogen-bond acceptors (Lipinski definition) is 6. The second-order valence-electron chi connectivity index (χ2n) is 7.97. The Morgan fingerprint density at radius 3 is 2.55 bits per heavy atom. The monoisotopic (exact) mass is 401 g/mol. The molecule has 0 atom stereocenters. The first-order chi connectivity index (χ1) is 13.9. The van der Waals surface area contributed by atoms with Gasteiger partial charge in [0, 0.05) is 17.6 Å². The highest BCUT2D eigenvalue weighted by molar-refractivity contribution is 5.95. The molecule has 1 aromatic heterocycles. The third-order valence-corrected chi connectivity index (χ3v) is 6.04. The lowest BCUT2D eigenvalue weighted by Gasteiger charge is -2.36. The lowest BCUT2D eigenvalue weighted by Crippen LogP contribution is -2.50. The van der Waals surface area contributed by atoms with Crippen LogP contribution in [0.5, 0.6) is 11.5 Å². The number of nitrogens with zero attached hydrogens (tertiary/aromatic N) is 2. The molecule has 0 unspecified atom stereocenters. The van der Waals surface area contributed by atoms with Crippen LogP contribution >= 0.6 is 0 Å². The van der Waals surface area contributed by atoms with Gasteiger partial charge in [-0.05, 0) is 59.0 Å². The Labute approximate surface area is 172 Å². The van der Waals surface area contributed by atoms with Gasteiger partial charge in [-0.25, -0.2) is 0 Å². The van der Waals surface area contributed by atoms with E-state index in [9.17, 15) is 4.79 Å². The summed E-state index contributed by atoms with van der Waals surface area (Å²) in [5.41, 5.74) is 2.33. The van der Waals surface area contributed by atoms with Crippen molar-refractivity contribution in [2.75, 3.05) is 27.7 Å². The van der Waals surface area contributed by atoms with E-state index in [4.69, 9.17) is 14.0 Å². The Kier molecular flexibility index (Phi) is 6.47. The van der Waals surface area contributed by atoms with Gasteiger partial charge in [-0.1, -0.05) is 18.0 Å². The predicted octanol–water partition coefficient (Wildman–Crippen LogP) is 3.48. The normalized spacial score (nSPS) is 15.5. The summed E-state index contributed by atoms with van der Waals surface area (Å²) in [7, 11) is 5.75. The van der Waals surface area contributed by atoms with Crippen LogP contribution in [0.3, 0.4) is 0 Å². The van der Waals surface area contributed by atoms with Crippen LogP contribution in [0.25, 0.3) is 0 Å². The summed E-state index contributed by atoms with van der Waals surface area (Å²) in [5, 5.41) is 7.04. The lowest BCUT2D eigenvalue weighted by molar-refractivity contribution is 0.0899. The molecule has 0 saturated heterocycles. The van der Waals surface area contributed by atoms with Crippen LogP contribution in [0.4, 0.5) is 0 Å². The number of amides is 1. The molecule has 1 saturated carbocycles. The fraction of sp³-hybridized carbons (Fsp3) is 0.545. The molecule has 1 aromatic carbocycles. The van der Waals surface area contributed by atoms with Crippen molar-refractivity contribution in [1.82, 2.24) is 15.4 Å². The summed E-state index contributed by atoms with van der Waals surface area (Å²) in [5.74, 6) is 1.73. The molecule has 1 fully saturated rings. The number of aryl methyl sites for hydroxylation is 2. The number of hydrogen-bond donors (Lipinski definition) is 1. The summed E-state index contributed by atoms with van der Waals surface area (Å²) in [6.45, 7) is 4.71. The van der Waals surface area contributed by atoms with Crippen molar-refractivity contribution in [3.8, 4) is 11.5 Å². The zero-order valence-electron chi connectivity index (χ0n) is 18.0. The molecule has 0 radical (unpaired) electrons. The average Bonchev–Trinajstić information content (AvgIpc) is 3.32. The van der Waals surface area contributed by atoms with Gasteiger partial charge in [0.2, 0.25) is 0 Å². The summed E-state index contributed by atoms with van der Waals surface area (Å²) >= 11 is 0. The molecule has 1 N–H and O–H groups in total. The topological polar surface area (TPSA) is 76.8 Å². The van der Waals surface area contributed by atoms with E-state index in [0.717, 1.165) is 29.9 Å². The first-order valence-electron chi connectivity index (χ1n) is 10.0. The van der Waals surface area contributed by atoms with E-state index in [2.05, 4.69) is 29.5 Å². The van der Waals surface area contributed by atoms with E-state index in [0.29, 0.717) is 30.2 Å². The SMILES string of the molecule is COc1cc(C(=O)NCC2(N(C)C)CCCC2)ccc1OCc1c(C)noc1C. The van der Waals surface area contributed by atoms with Gasteiger partial charge >= 0.3 is 0 Å². The van der Waals surface area contributed by atoms with Crippen LogP contribution in [-0.2, 0) is 6.61 Å². The van der Waals surface area contributed by atoms with E-state index in [1.54, 1.807) is 25.3 Å². The summed E-state index contributed by atoms with van der Waals surface area (Å²) in [6, 6.07) is 5.25. The molecule has 1 heterocycles. The predicted molar refractivity (Wildman–Crippen MR) is 111 cm³/mol. The van der Waals surface area contributed by atoms with Crippen molar-refractivity contribution in [3.63, 3.8) is 0 Å². The smallest absolute Gasteiger partial charge is 0.251 e. The van der Waals surface area contributed by atoms with Gasteiger partial charge in [0.1, 0.15) is 12.4 Å². The Hall–Kier alpha value is -2.54. The second-order valence-corrected chi connectivity index (χ2v) is 7.97. The van der Waals surface area contributed by atoms with Crippen LogP contribution in [-0.4, -0.2) is 49.3 Å². The molecule has 29 heavy (non-hydrogen) atoms. The molecule has 7 heteroatoms. The fourth-order valence-corrected chi connectivity index (χ4v) is 3.95. The van der Waals surface area contributed by atoms with Crippen molar-refractivity contribution in [3.05, 3.63) is 40.8 Å². The minimum atomic E-state index is -0.103. The molecule has 0 aliphatic heterocycles. The third-order valence-electron chi connectivity index (χ3n) is 6.04. The van der Waals surface area contributed by atoms with Crippen molar-refractivity contribution in [2.24, 2.45) is 0 Å². The highest BCUT2D eigenvalue weighted by Crippen LogP contribution is 2.33. The standard InChI is InChI=1S/C22H31N3O4/c1-15-18(16(2)29-24-15)13-28-19-9-8-17(12-20(19)27-5)21(26)23-14-22(25(3)4)10-6-7-11-22/h8-9,12H,6-7,10-11,13-14H2,1-5H3,(H,23,26). The van der Waals surface area contributed by atoms with Gasteiger partial charge < -0.3 is 24.2 Å². The highest BCUT2D eigenvalue weighted by atomic mass is 16.5. The third kappa shape index (κ3) is 4.56. The number of aromatic nitrogens is 1. The summed E-state index contributed by atoms with van der Waals surface area (Å²) in [6.07, 6.45) is 4.63. The second kappa shape index (κ2) is 8.86. The first kappa shape index (κ1) is 21.2. The molecular formula is C22H31N3O4. The number of methoxy groups -OCH3 is 1. The van der Waals surface area contributed by atoms with Crippen molar-refractivity contribution in [1.29, 1.82) is 0 Å². The molecule has 158 valence electrons. The van der Waals surface area contributed by atoms with E-state index in [1.807, 2.05) is 13.8 Å². The van der Waals surface area contributed by atoms with Crippen LogP contribution in [0.15, 0.2) is 22.7 Å². The summed E-state index contributed by atoms with van der Waals surface area (Å²) < 4.78 is 16.5. The average molecular weight is 402 g/mol. The maximum atomic E-state index is 12.7. The van der Waals surface area contributed by atoms with Gasteiger partial charge in [0.15, 0.2) is 11.5 Å².